The molecule has 0 aliphatic heterocycles. The standard InChI is InChI=1S/C30H30S2/c1-21-11-15-25(16-12-21)29-9-5-7-27(19-29)23(3)31-32-24(4)28-8-6-10-30(20-28)26-17-13-22(2)14-18-26/h5-20,23-24H,1-4H3/t23-,24-/m1/s1. The van der Waals surface area contributed by atoms with Crippen molar-refractivity contribution in [1.82, 2.24) is 0 Å². The van der Waals surface area contributed by atoms with Crippen LogP contribution in [0.2, 0.25) is 0 Å². The van der Waals surface area contributed by atoms with Gasteiger partial charge in [-0.05, 0) is 61.1 Å². The highest BCUT2D eigenvalue weighted by atomic mass is 33.1. The van der Waals surface area contributed by atoms with Crippen LogP contribution in [-0.4, -0.2) is 0 Å². The first-order chi connectivity index (χ1) is 15.5. The Bertz CT molecular complexity index is 1070. The zero-order chi connectivity index (χ0) is 22.5. The highest BCUT2D eigenvalue weighted by molar-refractivity contribution is 8.76. The third-order valence-corrected chi connectivity index (χ3v) is 9.12. The van der Waals surface area contributed by atoms with E-state index in [1.54, 1.807) is 0 Å². The van der Waals surface area contributed by atoms with E-state index in [-0.39, 0.29) is 0 Å². The van der Waals surface area contributed by atoms with Crippen molar-refractivity contribution in [2.45, 2.75) is 38.2 Å². The molecule has 4 aromatic rings. The maximum absolute atomic E-state index is 2.34. The first kappa shape index (κ1) is 22.8. The molecule has 0 aliphatic carbocycles. The van der Waals surface area contributed by atoms with Crippen molar-refractivity contribution in [1.29, 1.82) is 0 Å². The summed E-state index contributed by atoms with van der Waals surface area (Å²) in [5, 5.41) is 0.848. The first-order valence-corrected chi connectivity index (χ1v) is 13.4. The van der Waals surface area contributed by atoms with Gasteiger partial charge in [0, 0.05) is 10.5 Å². The average molecular weight is 455 g/mol. The largest absolute Gasteiger partial charge is 0.0856 e. The van der Waals surface area contributed by atoms with Gasteiger partial charge in [0.2, 0.25) is 0 Å². The van der Waals surface area contributed by atoms with Crippen LogP contribution in [0.15, 0.2) is 97.1 Å². The van der Waals surface area contributed by atoms with Crippen molar-refractivity contribution in [2.24, 2.45) is 0 Å². The quantitative estimate of drug-likeness (QED) is 0.255. The van der Waals surface area contributed by atoms with E-state index < -0.39 is 0 Å². The molecular formula is C30H30S2. The van der Waals surface area contributed by atoms with Gasteiger partial charge in [-0.1, -0.05) is 130 Å². The molecule has 0 bridgehead atoms. The second-order valence-electron chi connectivity index (χ2n) is 8.46. The summed E-state index contributed by atoms with van der Waals surface area (Å²) >= 11 is 0. The molecule has 0 saturated carbocycles. The highest BCUT2D eigenvalue weighted by Crippen LogP contribution is 2.46. The van der Waals surface area contributed by atoms with Crippen molar-refractivity contribution in [3.63, 3.8) is 0 Å². The smallest absolute Gasteiger partial charge is 0.0373 e. The average Bonchev–Trinajstić information content (AvgIpc) is 2.83. The molecule has 0 fully saturated rings. The van der Waals surface area contributed by atoms with Crippen LogP contribution in [-0.2, 0) is 0 Å². The van der Waals surface area contributed by atoms with Crippen LogP contribution < -0.4 is 0 Å². The second-order valence-corrected chi connectivity index (χ2v) is 11.4. The lowest BCUT2D eigenvalue weighted by molar-refractivity contribution is 1.10. The van der Waals surface area contributed by atoms with Crippen LogP contribution in [0.3, 0.4) is 0 Å². The highest BCUT2D eigenvalue weighted by Gasteiger charge is 2.13. The number of hydrogen-bond donors (Lipinski definition) is 0. The predicted molar refractivity (Wildman–Crippen MR) is 145 cm³/mol. The van der Waals surface area contributed by atoms with Crippen LogP contribution in [0.1, 0.15) is 46.6 Å². The molecule has 0 amide bonds. The molecule has 0 aromatic heterocycles. The van der Waals surface area contributed by atoms with E-state index in [0.29, 0.717) is 10.5 Å². The van der Waals surface area contributed by atoms with Crippen LogP contribution in [0.4, 0.5) is 0 Å². The van der Waals surface area contributed by atoms with Gasteiger partial charge in [0.05, 0.1) is 0 Å². The summed E-state index contributed by atoms with van der Waals surface area (Å²) in [5.74, 6) is 0. The monoisotopic (exact) mass is 454 g/mol. The van der Waals surface area contributed by atoms with E-state index in [0.717, 1.165) is 0 Å². The zero-order valence-electron chi connectivity index (χ0n) is 19.2. The van der Waals surface area contributed by atoms with Crippen molar-refractivity contribution in [3.05, 3.63) is 119 Å². The molecule has 2 atom stereocenters. The van der Waals surface area contributed by atoms with Crippen molar-refractivity contribution >= 4 is 21.6 Å². The van der Waals surface area contributed by atoms with Crippen LogP contribution >= 0.6 is 21.6 Å². The molecule has 4 rings (SSSR count). The van der Waals surface area contributed by atoms with Gasteiger partial charge < -0.3 is 0 Å². The normalized spacial score (nSPS) is 13.0. The Hall–Kier alpha value is -2.42. The first-order valence-electron chi connectivity index (χ1n) is 11.2. The molecule has 0 spiro atoms. The lowest BCUT2D eigenvalue weighted by Gasteiger charge is -2.17. The Morgan fingerprint density at radius 2 is 0.844 bits per heavy atom. The summed E-state index contributed by atoms with van der Waals surface area (Å²) in [4.78, 5) is 0. The molecule has 0 N–H and O–H groups in total. The van der Waals surface area contributed by atoms with E-state index in [4.69, 9.17) is 0 Å². The Labute approximate surface area is 200 Å². The van der Waals surface area contributed by atoms with E-state index >= 15 is 0 Å². The van der Waals surface area contributed by atoms with E-state index in [9.17, 15) is 0 Å². The third kappa shape index (κ3) is 5.68. The van der Waals surface area contributed by atoms with Gasteiger partial charge in [0.25, 0.3) is 0 Å². The summed E-state index contributed by atoms with van der Waals surface area (Å²) < 4.78 is 0. The van der Waals surface area contributed by atoms with Gasteiger partial charge in [-0.25, -0.2) is 0 Å². The Balaban J connectivity index is 1.42. The fourth-order valence-corrected chi connectivity index (χ4v) is 6.23. The van der Waals surface area contributed by atoms with E-state index in [2.05, 4.69) is 125 Å². The third-order valence-electron chi connectivity index (χ3n) is 5.83. The maximum Gasteiger partial charge on any atom is 0.0373 e. The predicted octanol–water partition coefficient (Wildman–Crippen LogP) is 9.84. The number of benzene rings is 4. The summed E-state index contributed by atoms with van der Waals surface area (Å²) in [7, 11) is 3.92. The summed E-state index contributed by atoms with van der Waals surface area (Å²) in [6.07, 6.45) is 0. The lowest BCUT2D eigenvalue weighted by atomic mass is 10.0. The van der Waals surface area contributed by atoms with Gasteiger partial charge in [-0.3, -0.25) is 0 Å². The van der Waals surface area contributed by atoms with Gasteiger partial charge in [-0.2, -0.15) is 0 Å². The molecule has 4 aromatic carbocycles. The minimum absolute atomic E-state index is 0.424. The topological polar surface area (TPSA) is 0 Å². The molecule has 162 valence electrons. The minimum Gasteiger partial charge on any atom is -0.0856 e. The fourth-order valence-electron chi connectivity index (χ4n) is 3.71. The Morgan fingerprint density at radius 3 is 1.22 bits per heavy atom. The summed E-state index contributed by atoms with van der Waals surface area (Å²) in [5.41, 5.74) is 10.5. The summed E-state index contributed by atoms with van der Waals surface area (Å²) in [6, 6.07) is 35.5. The fraction of sp³-hybridized carbons (Fsp3) is 0.200. The summed E-state index contributed by atoms with van der Waals surface area (Å²) in [6.45, 7) is 8.88. The minimum atomic E-state index is 0.424. The van der Waals surface area contributed by atoms with Gasteiger partial charge >= 0.3 is 0 Å². The van der Waals surface area contributed by atoms with Gasteiger partial charge in [0.1, 0.15) is 0 Å². The molecule has 2 heteroatoms. The molecule has 0 unspecified atom stereocenters. The number of hydrogen-bond acceptors (Lipinski definition) is 2. The molecule has 32 heavy (non-hydrogen) atoms. The molecule has 0 saturated heterocycles. The van der Waals surface area contributed by atoms with Crippen molar-refractivity contribution in [3.8, 4) is 22.3 Å². The zero-order valence-corrected chi connectivity index (χ0v) is 20.8. The SMILES string of the molecule is Cc1ccc(-c2cccc([C@@H](C)SS[C@H](C)c3cccc(-c4ccc(C)cc4)c3)c2)cc1. The van der Waals surface area contributed by atoms with E-state index in [1.807, 2.05) is 21.6 Å². The Morgan fingerprint density at radius 1 is 0.469 bits per heavy atom. The molecular weight excluding hydrogens is 424 g/mol. The van der Waals surface area contributed by atoms with Crippen molar-refractivity contribution in [2.75, 3.05) is 0 Å². The van der Waals surface area contributed by atoms with Crippen LogP contribution in [0.5, 0.6) is 0 Å². The van der Waals surface area contributed by atoms with Crippen LogP contribution in [0, 0.1) is 13.8 Å². The molecule has 0 radical (unpaired) electrons. The Kier molecular flexibility index (Phi) is 7.44. The van der Waals surface area contributed by atoms with Gasteiger partial charge in [0.15, 0.2) is 0 Å². The van der Waals surface area contributed by atoms with Crippen LogP contribution in [0.25, 0.3) is 22.3 Å². The van der Waals surface area contributed by atoms with Crippen molar-refractivity contribution < 1.29 is 0 Å². The molecule has 0 nitrogen and oxygen atoms in total. The molecule has 0 heterocycles. The maximum atomic E-state index is 2.34. The second kappa shape index (κ2) is 10.5. The number of rotatable bonds is 7. The lowest BCUT2D eigenvalue weighted by Crippen LogP contribution is -1.91. The van der Waals surface area contributed by atoms with Gasteiger partial charge in [-0.15, -0.1) is 0 Å². The number of aryl methyl sites for hydroxylation is 2. The van der Waals surface area contributed by atoms with E-state index in [1.165, 1.54) is 44.5 Å². The molecule has 0 aliphatic rings.